The van der Waals surface area contributed by atoms with E-state index in [9.17, 15) is 0 Å². The molecule has 19 heavy (non-hydrogen) atoms. The highest BCUT2D eigenvalue weighted by Crippen LogP contribution is 2.26. The summed E-state index contributed by atoms with van der Waals surface area (Å²) in [5.41, 5.74) is 5.71. The van der Waals surface area contributed by atoms with Gasteiger partial charge in [-0.3, -0.25) is 4.90 Å². The molecule has 0 aliphatic heterocycles. The van der Waals surface area contributed by atoms with E-state index >= 15 is 0 Å². The Morgan fingerprint density at radius 2 is 2.00 bits per heavy atom. The van der Waals surface area contributed by atoms with Gasteiger partial charge in [0.05, 0.1) is 0 Å². The number of likely N-dealkylation sites (N-methyl/N-ethyl adjacent to an activating group) is 1. The zero-order valence-corrected chi connectivity index (χ0v) is 13.5. The average molecular weight is 305 g/mol. The van der Waals surface area contributed by atoms with Crippen LogP contribution in [0.1, 0.15) is 30.6 Å². The minimum Gasteiger partial charge on any atom is -0.375 e. The molecule has 2 rings (SSSR count). The molecule has 0 atom stereocenters. The van der Waals surface area contributed by atoms with Gasteiger partial charge in [0.1, 0.15) is 0 Å². The van der Waals surface area contributed by atoms with E-state index in [2.05, 4.69) is 28.9 Å². The maximum Gasteiger partial charge on any atom is 0.180 e. The van der Waals surface area contributed by atoms with Gasteiger partial charge in [-0.1, -0.05) is 12.8 Å². The van der Waals surface area contributed by atoms with Crippen molar-refractivity contribution in [3.05, 3.63) is 11.1 Å². The summed E-state index contributed by atoms with van der Waals surface area (Å²) in [6.45, 7) is 3.26. The third-order valence-electron chi connectivity index (χ3n) is 3.61. The van der Waals surface area contributed by atoms with Crippen LogP contribution >= 0.6 is 23.7 Å². The average Bonchev–Trinajstić information content (AvgIpc) is 2.95. The van der Waals surface area contributed by atoms with Gasteiger partial charge in [0, 0.05) is 36.8 Å². The second-order valence-corrected chi connectivity index (χ2v) is 6.52. The maximum absolute atomic E-state index is 5.71. The number of thiazole rings is 1. The molecule has 1 heterocycles. The number of rotatable bonds is 6. The molecule has 1 aromatic rings. The van der Waals surface area contributed by atoms with E-state index in [1.165, 1.54) is 30.6 Å². The largest absolute Gasteiger partial charge is 0.375 e. The number of anilines is 1. The van der Waals surface area contributed by atoms with Gasteiger partial charge in [0.25, 0.3) is 0 Å². The fourth-order valence-corrected chi connectivity index (χ4v) is 3.29. The summed E-state index contributed by atoms with van der Waals surface area (Å²) in [5, 5.41) is 0.684. The molecular weight excluding hydrogens is 280 g/mol. The molecule has 1 saturated carbocycles. The van der Waals surface area contributed by atoms with Crippen molar-refractivity contribution >= 4 is 28.9 Å². The summed E-state index contributed by atoms with van der Waals surface area (Å²) in [6, 6.07) is 0.758. The zero-order valence-electron chi connectivity index (χ0n) is 11.8. The molecule has 1 aromatic heterocycles. The summed E-state index contributed by atoms with van der Waals surface area (Å²) in [6.07, 6.45) is 7.39. The van der Waals surface area contributed by atoms with E-state index in [1.807, 2.05) is 6.20 Å². The number of nitrogens with two attached hydrogens (primary N) is 1. The quantitative estimate of drug-likeness (QED) is 0.877. The van der Waals surface area contributed by atoms with E-state index in [0.717, 1.165) is 25.7 Å². The fourth-order valence-electron chi connectivity index (χ4n) is 2.58. The smallest absolute Gasteiger partial charge is 0.180 e. The normalized spacial score (nSPS) is 16.2. The van der Waals surface area contributed by atoms with Crippen LogP contribution in [0.3, 0.4) is 0 Å². The standard InChI is InChI=1S/C13H24N4S.ClH/c1-16(2)7-8-17(11-5-3-4-6-11)10-12-9-15-13(14)18-12;/h9,11H,3-8,10H2,1-2H3,(H2,14,15);1H. The first-order valence-corrected chi connectivity index (χ1v) is 7.56. The number of nitrogens with zero attached hydrogens (tertiary/aromatic N) is 3. The summed E-state index contributed by atoms with van der Waals surface area (Å²) in [4.78, 5) is 10.3. The van der Waals surface area contributed by atoms with Gasteiger partial charge in [0.2, 0.25) is 0 Å². The third-order valence-corrected chi connectivity index (χ3v) is 4.42. The van der Waals surface area contributed by atoms with Crippen molar-refractivity contribution in [3.63, 3.8) is 0 Å². The Labute approximate surface area is 126 Å². The first-order chi connectivity index (χ1) is 8.65. The summed E-state index contributed by atoms with van der Waals surface area (Å²) in [7, 11) is 4.27. The van der Waals surface area contributed by atoms with Crippen LogP contribution < -0.4 is 5.73 Å². The number of nitrogen functional groups attached to an aromatic ring is 1. The summed E-state index contributed by atoms with van der Waals surface area (Å²) >= 11 is 1.62. The van der Waals surface area contributed by atoms with Crippen molar-refractivity contribution in [3.8, 4) is 0 Å². The van der Waals surface area contributed by atoms with Crippen LogP contribution in [0.2, 0.25) is 0 Å². The van der Waals surface area contributed by atoms with Gasteiger partial charge in [-0.25, -0.2) is 4.98 Å². The van der Waals surface area contributed by atoms with Crippen molar-refractivity contribution in [2.75, 3.05) is 32.9 Å². The van der Waals surface area contributed by atoms with Gasteiger partial charge >= 0.3 is 0 Å². The summed E-state index contributed by atoms with van der Waals surface area (Å²) in [5.74, 6) is 0. The Bertz CT molecular complexity index is 363. The van der Waals surface area contributed by atoms with Crippen molar-refractivity contribution in [1.29, 1.82) is 0 Å². The van der Waals surface area contributed by atoms with Crippen LogP contribution in [0.5, 0.6) is 0 Å². The van der Waals surface area contributed by atoms with Gasteiger partial charge in [-0.05, 0) is 26.9 Å². The molecule has 4 nitrogen and oxygen atoms in total. The van der Waals surface area contributed by atoms with Crippen LogP contribution in [-0.4, -0.2) is 48.0 Å². The number of hydrogen-bond donors (Lipinski definition) is 1. The first kappa shape index (κ1) is 16.7. The number of halogens is 1. The Balaban J connectivity index is 0.00000180. The fraction of sp³-hybridized carbons (Fsp3) is 0.769. The molecule has 0 saturated heterocycles. The third kappa shape index (κ3) is 5.26. The summed E-state index contributed by atoms with van der Waals surface area (Å²) < 4.78 is 0. The lowest BCUT2D eigenvalue weighted by molar-refractivity contribution is 0.173. The van der Waals surface area contributed by atoms with Gasteiger partial charge in [-0.2, -0.15) is 0 Å². The molecular formula is C13H25ClN4S. The van der Waals surface area contributed by atoms with Crippen molar-refractivity contribution in [1.82, 2.24) is 14.8 Å². The molecule has 110 valence electrons. The SMILES string of the molecule is CN(C)CCN(Cc1cnc(N)s1)C1CCCC1.Cl. The maximum atomic E-state index is 5.71. The molecule has 0 spiro atoms. The molecule has 1 aliphatic rings. The Morgan fingerprint density at radius 1 is 1.32 bits per heavy atom. The highest BCUT2D eigenvalue weighted by Gasteiger charge is 2.23. The lowest BCUT2D eigenvalue weighted by Crippen LogP contribution is -2.37. The molecule has 0 aromatic carbocycles. The van der Waals surface area contributed by atoms with E-state index in [4.69, 9.17) is 5.73 Å². The molecule has 0 amide bonds. The highest BCUT2D eigenvalue weighted by atomic mass is 35.5. The van der Waals surface area contributed by atoms with E-state index in [0.29, 0.717) is 5.13 Å². The monoisotopic (exact) mass is 304 g/mol. The predicted octanol–water partition coefficient (Wildman–Crippen LogP) is 2.45. The predicted molar refractivity (Wildman–Crippen MR) is 85.0 cm³/mol. The molecule has 0 unspecified atom stereocenters. The highest BCUT2D eigenvalue weighted by molar-refractivity contribution is 7.15. The number of hydrogen-bond acceptors (Lipinski definition) is 5. The van der Waals surface area contributed by atoms with Crippen molar-refractivity contribution in [2.24, 2.45) is 0 Å². The zero-order chi connectivity index (χ0) is 13.0. The van der Waals surface area contributed by atoms with Crippen LogP contribution in [0, 0.1) is 0 Å². The second-order valence-electron chi connectivity index (χ2n) is 5.38. The Morgan fingerprint density at radius 3 is 2.53 bits per heavy atom. The molecule has 6 heteroatoms. The van der Waals surface area contributed by atoms with Crippen LogP contribution in [0.25, 0.3) is 0 Å². The van der Waals surface area contributed by atoms with Crippen molar-refractivity contribution in [2.45, 2.75) is 38.3 Å². The number of aromatic nitrogens is 1. The minimum absolute atomic E-state index is 0. The first-order valence-electron chi connectivity index (χ1n) is 6.74. The van der Waals surface area contributed by atoms with Crippen LogP contribution in [0.15, 0.2) is 6.20 Å². The Hall–Kier alpha value is -0.360. The van der Waals surface area contributed by atoms with Crippen LogP contribution in [-0.2, 0) is 6.54 Å². The lowest BCUT2D eigenvalue weighted by atomic mass is 10.2. The molecule has 2 N–H and O–H groups in total. The molecule has 1 aliphatic carbocycles. The van der Waals surface area contributed by atoms with E-state index in [1.54, 1.807) is 11.3 Å². The minimum atomic E-state index is 0. The van der Waals surface area contributed by atoms with E-state index < -0.39 is 0 Å². The van der Waals surface area contributed by atoms with Gasteiger partial charge in [0.15, 0.2) is 5.13 Å². The van der Waals surface area contributed by atoms with Gasteiger partial charge < -0.3 is 10.6 Å². The topological polar surface area (TPSA) is 45.4 Å². The molecule has 1 fully saturated rings. The van der Waals surface area contributed by atoms with Crippen molar-refractivity contribution < 1.29 is 0 Å². The van der Waals surface area contributed by atoms with Gasteiger partial charge in [-0.15, -0.1) is 23.7 Å². The van der Waals surface area contributed by atoms with E-state index in [-0.39, 0.29) is 12.4 Å². The second kappa shape index (κ2) is 8.04. The molecule has 0 radical (unpaired) electrons. The lowest BCUT2D eigenvalue weighted by Gasteiger charge is -2.29. The van der Waals surface area contributed by atoms with Crippen LogP contribution in [0.4, 0.5) is 5.13 Å². The molecule has 0 bridgehead atoms. The Kier molecular flexibility index (Phi) is 7.07.